The standard InChI is InChI=1S/C16H13FN4/c1-2-21-13-9-5-7-11(17)14(13)16(21)18-15-10-6-3-4-8-12(10)19-20-15/h3-9H,2H2,1H3,(H,19,20). The lowest BCUT2D eigenvalue weighted by Crippen LogP contribution is -2.42. The van der Waals surface area contributed by atoms with Crippen molar-refractivity contribution in [2.24, 2.45) is 4.99 Å². The Balaban J connectivity index is 1.88. The van der Waals surface area contributed by atoms with Crippen LogP contribution in [0.5, 0.6) is 0 Å². The molecule has 1 aliphatic rings. The van der Waals surface area contributed by atoms with Gasteiger partial charge in [0.2, 0.25) is 0 Å². The van der Waals surface area contributed by atoms with Crippen molar-refractivity contribution in [2.75, 3.05) is 11.4 Å². The Morgan fingerprint density at radius 3 is 2.90 bits per heavy atom. The number of benzene rings is 2. The highest BCUT2D eigenvalue weighted by Crippen LogP contribution is 2.36. The Morgan fingerprint density at radius 2 is 2.05 bits per heavy atom. The van der Waals surface area contributed by atoms with Crippen LogP contribution in [0.3, 0.4) is 0 Å². The van der Waals surface area contributed by atoms with E-state index in [-0.39, 0.29) is 5.82 Å². The third-order valence-corrected chi connectivity index (χ3v) is 3.74. The molecule has 4 nitrogen and oxygen atoms in total. The van der Waals surface area contributed by atoms with Crippen LogP contribution in [0.15, 0.2) is 47.5 Å². The fraction of sp³-hybridized carbons (Fsp3) is 0.125. The molecule has 21 heavy (non-hydrogen) atoms. The lowest BCUT2D eigenvalue weighted by atomic mass is 10.0. The first-order chi connectivity index (χ1) is 10.3. The van der Waals surface area contributed by atoms with Gasteiger partial charge in [-0.1, -0.05) is 18.2 Å². The third-order valence-electron chi connectivity index (χ3n) is 3.74. The van der Waals surface area contributed by atoms with E-state index < -0.39 is 0 Å². The molecule has 0 spiro atoms. The molecular formula is C16H13FN4. The number of halogens is 1. The van der Waals surface area contributed by atoms with Gasteiger partial charge in [-0.3, -0.25) is 5.10 Å². The van der Waals surface area contributed by atoms with Gasteiger partial charge in [0.05, 0.1) is 16.8 Å². The zero-order valence-electron chi connectivity index (χ0n) is 11.5. The topological polar surface area (TPSA) is 44.3 Å². The molecule has 0 unspecified atom stereocenters. The van der Waals surface area contributed by atoms with E-state index in [0.717, 1.165) is 23.1 Å². The van der Waals surface area contributed by atoms with E-state index in [2.05, 4.69) is 15.2 Å². The molecule has 1 aliphatic heterocycles. The van der Waals surface area contributed by atoms with E-state index >= 15 is 0 Å². The number of fused-ring (bicyclic) bond motifs is 2. The van der Waals surface area contributed by atoms with Crippen molar-refractivity contribution in [1.29, 1.82) is 0 Å². The number of hydrogen-bond donors (Lipinski definition) is 1. The Hall–Kier alpha value is -2.69. The highest BCUT2D eigenvalue weighted by atomic mass is 19.1. The average molecular weight is 280 g/mol. The maximum atomic E-state index is 14.0. The molecule has 0 bridgehead atoms. The molecule has 0 saturated heterocycles. The SMILES string of the molecule is CCN1C(=Nc2n[nH]c3ccccc23)c2c(F)cccc21. The number of aromatic nitrogens is 2. The van der Waals surface area contributed by atoms with E-state index in [0.29, 0.717) is 17.2 Å². The Kier molecular flexibility index (Phi) is 2.54. The molecule has 0 atom stereocenters. The van der Waals surface area contributed by atoms with Crippen molar-refractivity contribution in [3.05, 3.63) is 53.8 Å². The summed E-state index contributed by atoms with van der Waals surface area (Å²) in [6, 6.07) is 12.9. The van der Waals surface area contributed by atoms with Gasteiger partial charge in [-0.15, -0.1) is 0 Å². The first-order valence-electron chi connectivity index (χ1n) is 6.88. The number of nitrogens with zero attached hydrogens (tertiary/aromatic N) is 3. The van der Waals surface area contributed by atoms with Crippen molar-refractivity contribution in [1.82, 2.24) is 10.2 Å². The number of nitrogens with one attached hydrogen (secondary N) is 1. The molecule has 1 aromatic heterocycles. The predicted molar refractivity (Wildman–Crippen MR) is 81.7 cm³/mol. The number of aliphatic imine (C=N–C) groups is 1. The number of aromatic amines is 1. The Morgan fingerprint density at radius 1 is 1.19 bits per heavy atom. The van der Waals surface area contributed by atoms with E-state index in [1.807, 2.05) is 42.2 Å². The van der Waals surface area contributed by atoms with Crippen LogP contribution in [0.25, 0.3) is 10.9 Å². The number of hydrogen-bond acceptors (Lipinski definition) is 2. The number of amidine groups is 1. The van der Waals surface area contributed by atoms with Crippen LogP contribution >= 0.6 is 0 Å². The number of para-hydroxylation sites is 1. The number of rotatable bonds is 2. The van der Waals surface area contributed by atoms with Gasteiger partial charge in [-0.25, -0.2) is 9.38 Å². The summed E-state index contributed by atoms with van der Waals surface area (Å²) in [4.78, 5) is 6.56. The fourth-order valence-electron chi connectivity index (χ4n) is 2.73. The molecule has 1 N–H and O–H groups in total. The minimum atomic E-state index is -0.240. The minimum absolute atomic E-state index is 0.240. The summed E-state index contributed by atoms with van der Waals surface area (Å²) in [6.07, 6.45) is 0. The van der Waals surface area contributed by atoms with E-state index in [9.17, 15) is 4.39 Å². The van der Waals surface area contributed by atoms with Gasteiger partial charge in [0.15, 0.2) is 5.82 Å². The summed E-state index contributed by atoms with van der Waals surface area (Å²) >= 11 is 0. The van der Waals surface area contributed by atoms with E-state index in [1.54, 1.807) is 6.07 Å². The van der Waals surface area contributed by atoms with Gasteiger partial charge in [0.1, 0.15) is 11.7 Å². The van der Waals surface area contributed by atoms with Crippen LogP contribution in [0.1, 0.15) is 12.5 Å². The maximum Gasteiger partial charge on any atom is 0.183 e. The number of H-pyrrole nitrogens is 1. The highest BCUT2D eigenvalue weighted by Gasteiger charge is 2.32. The van der Waals surface area contributed by atoms with Crippen LogP contribution in [0, 0.1) is 5.82 Å². The van der Waals surface area contributed by atoms with Crippen LogP contribution in [-0.2, 0) is 0 Å². The number of anilines is 1. The smallest absolute Gasteiger partial charge is 0.183 e. The molecule has 0 saturated carbocycles. The van der Waals surface area contributed by atoms with Crippen molar-refractivity contribution in [3.63, 3.8) is 0 Å². The Labute approximate surface area is 120 Å². The second-order valence-corrected chi connectivity index (χ2v) is 4.91. The summed E-state index contributed by atoms with van der Waals surface area (Å²) < 4.78 is 14.0. The monoisotopic (exact) mass is 280 g/mol. The van der Waals surface area contributed by atoms with Gasteiger partial charge < -0.3 is 4.90 Å². The molecule has 0 amide bonds. The summed E-state index contributed by atoms with van der Waals surface area (Å²) in [5, 5.41) is 8.11. The zero-order chi connectivity index (χ0) is 14.4. The van der Waals surface area contributed by atoms with Crippen molar-refractivity contribution < 1.29 is 4.39 Å². The van der Waals surface area contributed by atoms with Gasteiger partial charge in [0, 0.05) is 11.9 Å². The first-order valence-corrected chi connectivity index (χ1v) is 6.88. The molecule has 5 heteroatoms. The van der Waals surface area contributed by atoms with Crippen LogP contribution in [-0.4, -0.2) is 22.6 Å². The molecule has 104 valence electrons. The normalized spacial score (nSPS) is 15.3. The quantitative estimate of drug-likeness (QED) is 0.779. The van der Waals surface area contributed by atoms with Crippen LogP contribution in [0.2, 0.25) is 0 Å². The van der Waals surface area contributed by atoms with E-state index in [4.69, 9.17) is 0 Å². The average Bonchev–Trinajstić information content (AvgIpc) is 2.89. The molecule has 0 fully saturated rings. The lowest BCUT2D eigenvalue weighted by molar-refractivity contribution is 0.621. The molecular weight excluding hydrogens is 267 g/mol. The molecule has 2 aromatic carbocycles. The molecule has 4 rings (SSSR count). The summed E-state index contributed by atoms with van der Waals surface area (Å²) in [5.74, 6) is 0.992. The lowest BCUT2D eigenvalue weighted by Gasteiger charge is -2.36. The molecule has 0 radical (unpaired) electrons. The zero-order valence-corrected chi connectivity index (χ0v) is 11.5. The summed E-state index contributed by atoms with van der Waals surface area (Å²) in [6.45, 7) is 2.77. The predicted octanol–water partition coefficient (Wildman–Crippen LogP) is 3.62. The van der Waals surface area contributed by atoms with Gasteiger partial charge in [-0.05, 0) is 31.2 Å². The summed E-state index contributed by atoms with van der Waals surface area (Å²) in [7, 11) is 0. The molecule has 3 aromatic rings. The first kappa shape index (κ1) is 12.1. The summed E-state index contributed by atoms with van der Waals surface area (Å²) in [5.41, 5.74) is 2.38. The molecule has 0 aliphatic carbocycles. The maximum absolute atomic E-state index is 14.0. The fourth-order valence-corrected chi connectivity index (χ4v) is 2.73. The Bertz CT molecular complexity index is 866. The van der Waals surface area contributed by atoms with Gasteiger partial charge in [0.25, 0.3) is 0 Å². The van der Waals surface area contributed by atoms with E-state index in [1.165, 1.54) is 6.07 Å². The van der Waals surface area contributed by atoms with Gasteiger partial charge >= 0.3 is 0 Å². The van der Waals surface area contributed by atoms with Crippen molar-refractivity contribution >= 4 is 28.2 Å². The second-order valence-electron chi connectivity index (χ2n) is 4.91. The van der Waals surface area contributed by atoms with Gasteiger partial charge in [-0.2, -0.15) is 5.10 Å². The second kappa shape index (κ2) is 4.41. The van der Waals surface area contributed by atoms with Crippen LogP contribution in [0.4, 0.5) is 15.9 Å². The molecule has 2 heterocycles. The van der Waals surface area contributed by atoms with Crippen molar-refractivity contribution in [3.8, 4) is 0 Å². The largest absolute Gasteiger partial charge is 0.325 e. The highest BCUT2D eigenvalue weighted by molar-refractivity contribution is 6.23. The third kappa shape index (κ3) is 1.67. The van der Waals surface area contributed by atoms with Crippen molar-refractivity contribution in [2.45, 2.75) is 6.92 Å². The minimum Gasteiger partial charge on any atom is -0.325 e. The van der Waals surface area contributed by atoms with Crippen LogP contribution < -0.4 is 4.90 Å².